The normalized spacial score (nSPS) is 49.6. The van der Waals surface area contributed by atoms with E-state index in [0.29, 0.717) is 29.6 Å². The fourth-order valence-electron chi connectivity index (χ4n) is 9.28. The maximum absolute atomic E-state index is 11.9. The third-order valence-electron chi connectivity index (χ3n) is 11.0. The van der Waals surface area contributed by atoms with Crippen LogP contribution >= 0.6 is 0 Å². The number of carbonyl (C=O) groups is 1. The molecule has 0 aliphatic heterocycles. The lowest BCUT2D eigenvalue weighted by atomic mass is 9.43. The minimum Gasteiger partial charge on any atom is -0.462 e. The van der Waals surface area contributed by atoms with E-state index in [-0.39, 0.29) is 17.5 Å². The zero-order valence-corrected chi connectivity index (χ0v) is 21.7. The highest BCUT2D eigenvalue weighted by Crippen LogP contribution is 2.69. The molecule has 0 radical (unpaired) electrons. The SMILES string of the molecule is [2H][C@@H]1C[C@H]2[C@@H]3CC[C@H]([C@H](C)CCCC(C)C)[C@@]3(C)CC[C@@H]2[C@@]2(C)CC[C@H](OC(C)=O)C[C@]12O. The molecule has 0 amide bonds. The van der Waals surface area contributed by atoms with Crippen LogP contribution in [0.15, 0.2) is 0 Å². The summed E-state index contributed by atoms with van der Waals surface area (Å²) in [5, 5.41) is 11.9. The minimum atomic E-state index is -1.04. The first-order chi connectivity index (χ1) is 15.4. The van der Waals surface area contributed by atoms with E-state index >= 15 is 0 Å². The van der Waals surface area contributed by atoms with Gasteiger partial charge in [0.1, 0.15) is 6.10 Å². The molecule has 0 saturated heterocycles. The maximum atomic E-state index is 11.9. The van der Waals surface area contributed by atoms with E-state index in [0.717, 1.165) is 37.0 Å². The van der Waals surface area contributed by atoms with E-state index in [4.69, 9.17) is 6.11 Å². The highest BCUT2D eigenvalue weighted by atomic mass is 16.5. The molecule has 3 nitrogen and oxygen atoms in total. The van der Waals surface area contributed by atoms with Crippen molar-refractivity contribution < 1.29 is 16.0 Å². The van der Waals surface area contributed by atoms with Gasteiger partial charge in [0.25, 0.3) is 0 Å². The lowest BCUT2D eigenvalue weighted by Gasteiger charge is -2.64. The first-order valence-electron chi connectivity index (χ1n) is 14.3. The number of aliphatic hydroxyl groups is 1. The molecular weight excluding hydrogens is 396 g/mol. The molecule has 10 atom stereocenters. The molecule has 4 aliphatic carbocycles. The molecule has 0 bridgehead atoms. The van der Waals surface area contributed by atoms with Crippen LogP contribution in [0.3, 0.4) is 0 Å². The van der Waals surface area contributed by atoms with Gasteiger partial charge in [-0.05, 0) is 97.7 Å². The number of carbonyl (C=O) groups excluding carboxylic acids is 1. The Morgan fingerprint density at radius 1 is 1.06 bits per heavy atom. The molecule has 4 aliphatic rings. The smallest absolute Gasteiger partial charge is 0.302 e. The average Bonchev–Trinajstić information content (AvgIpc) is 3.07. The van der Waals surface area contributed by atoms with Gasteiger partial charge in [0.2, 0.25) is 0 Å². The first-order valence-corrected chi connectivity index (χ1v) is 13.7. The Kier molecular flexibility index (Phi) is 6.45. The molecule has 4 fully saturated rings. The molecule has 1 N–H and O–H groups in total. The first kappa shape index (κ1) is 23.2. The van der Waals surface area contributed by atoms with Crippen LogP contribution in [0.5, 0.6) is 0 Å². The van der Waals surface area contributed by atoms with Gasteiger partial charge in [-0.3, -0.25) is 4.79 Å². The lowest BCUT2D eigenvalue weighted by molar-refractivity contribution is -0.224. The van der Waals surface area contributed by atoms with Gasteiger partial charge in [0.05, 0.1) is 5.60 Å². The standard InChI is InChI=1S/C29H50O3/c1-19(2)8-7-9-20(3)24-10-11-25-23-13-17-29(31)18-22(32-21(4)30)12-16-28(29,6)26(23)14-15-27(24,25)5/h19-20,22-26,31H,7-18H2,1-6H3/t20-,22+,23+,24-,25+,26+,27-,28-,29-/m1/s1/i17D/t17-,20-,22+,23+,24-,25+,26+,27-,28-,29-. The number of hydrogen-bond acceptors (Lipinski definition) is 3. The Labute approximate surface area is 198 Å². The summed E-state index contributed by atoms with van der Waals surface area (Å²) in [7, 11) is 0. The van der Waals surface area contributed by atoms with Crippen molar-refractivity contribution in [3.8, 4) is 0 Å². The van der Waals surface area contributed by atoms with Crippen molar-refractivity contribution in [2.75, 3.05) is 0 Å². The summed E-state index contributed by atoms with van der Waals surface area (Å²) >= 11 is 0. The number of fused-ring (bicyclic) bond motifs is 5. The quantitative estimate of drug-likeness (QED) is 0.440. The van der Waals surface area contributed by atoms with E-state index in [2.05, 4.69) is 34.6 Å². The van der Waals surface area contributed by atoms with Crippen molar-refractivity contribution in [2.24, 2.45) is 46.3 Å². The van der Waals surface area contributed by atoms with E-state index < -0.39 is 12.0 Å². The summed E-state index contributed by atoms with van der Waals surface area (Å²) < 4.78 is 14.6. The number of ether oxygens (including phenoxy) is 1. The highest BCUT2D eigenvalue weighted by Gasteiger charge is 2.64. The summed E-state index contributed by atoms with van der Waals surface area (Å²) in [4.78, 5) is 11.6. The summed E-state index contributed by atoms with van der Waals surface area (Å²) in [6.45, 7) is 13.5. The summed E-state index contributed by atoms with van der Waals surface area (Å²) in [5.41, 5.74) is -0.872. The summed E-state index contributed by atoms with van der Waals surface area (Å²) in [5.74, 6) is 3.89. The Balaban J connectivity index is 1.51. The molecule has 0 aromatic heterocycles. The molecule has 184 valence electrons. The molecule has 0 heterocycles. The fraction of sp³-hybridized carbons (Fsp3) is 0.966. The van der Waals surface area contributed by atoms with Gasteiger partial charge in [-0.15, -0.1) is 0 Å². The zero-order valence-electron chi connectivity index (χ0n) is 22.7. The van der Waals surface area contributed by atoms with Crippen LogP contribution in [-0.4, -0.2) is 22.8 Å². The number of hydrogen-bond donors (Lipinski definition) is 1. The highest BCUT2D eigenvalue weighted by molar-refractivity contribution is 5.66. The van der Waals surface area contributed by atoms with Gasteiger partial charge in [-0.2, -0.15) is 0 Å². The van der Waals surface area contributed by atoms with Gasteiger partial charge >= 0.3 is 5.97 Å². The molecule has 4 saturated carbocycles. The second-order valence-electron chi connectivity index (χ2n) is 13.2. The Morgan fingerprint density at radius 2 is 1.81 bits per heavy atom. The van der Waals surface area contributed by atoms with Crippen molar-refractivity contribution in [1.82, 2.24) is 0 Å². The van der Waals surface area contributed by atoms with Crippen molar-refractivity contribution in [3.05, 3.63) is 0 Å². The molecule has 4 rings (SSSR count). The third-order valence-corrected chi connectivity index (χ3v) is 11.0. The Hall–Kier alpha value is -0.570. The van der Waals surface area contributed by atoms with Crippen molar-refractivity contribution in [3.63, 3.8) is 0 Å². The largest absolute Gasteiger partial charge is 0.462 e. The lowest BCUT2D eigenvalue weighted by Crippen LogP contribution is -2.63. The van der Waals surface area contributed by atoms with Crippen LogP contribution in [0.1, 0.15) is 120 Å². The van der Waals surface area contributed by atoms with E-state index in [1.165, 1.54) is 51.9 Å². The Bertz CT molecular complexity index is 724. The molecule has 0 aromatic rings. The van der Waals surface area contributed by atoms with Gasteiger partial charge in [0, 0.05) is 14.7 Å². The van der Waals surface area contributed by atoms with Crippen LogP contribution in [0.2, 0.25) is 0 Å². The van der Waals surface area contributed by atoms with Gasteiger partial charge in [0.15, 0.2) is 0 Å². The summed E-state index contributed by atoms with van der Waals surface area (Å²) in [6, 6.07) is 0. The van der Waals surface area contributed by atoms with Crippen molar-refractivity contribution in [2.45, 2.75) is 130 Å². The van der Waals surface area contributed by atoms with Crippen LogP contribution in [0.25, 0.3) is 0 Å². The second-order valence-corrected chi connectivity index (χ2v) is 13.2. The van der Waals surface area contributed by atoms with Crippen LogP contribution < -0.4 is 0 Å². The average molecular weight is 448 g/mol. The topological polar surface area (TPSA) is 46.5 Å². The van der Waals surface area contributed by atoms with Gasteiger partial charge in [-0.1, -0.05) is 53.9 Å². The molecule has 32 heavy (non-hydrogen) atoms. The molecule has 0 spiro atoms. The fourth-order valence-corrected chi connectivity index (χ4v) is 9.28. The number of rotatable bonds is 6. The third kappa shape index (κ3) is 4.07. The summed E-state index contributed by atoms with van der Waals surface area (Å²) in [6.07, 6.45) is 11.4. The van der Waals surface area contributed by atoms with Crippen LogP contribution in [-0.2, 0) is 9.53 Å². The van der Waals surface area contributed by atoms with Crippen LogP contribution in [0, 0.1) is 46.3 Å². The van der Waals surface area contributed by atoms with Crippen molar-refractivity contribution in [1.29, 1.82) is 0 Å². The van der Waals surface area contributed by atoms with Gasteiger partial charge < -0.3 is 9.84 Å². The molecule has 0 aromatic carbocycles. The van der Waals surface area contributed by atoms with Crippen LogP contribution in [0.4, 0.5) is 0 Å². The van der Waals surface area contributed by atoms with E-state index in [1.807, 2.05) is 0 Å². The molecule has 0 unspecified atom stereocenters. The predicted molar refractivity (Wildman–Crippen MR) is 130 cm³/mol. The minimum absolute atomic E-state index is 0.235. The predicted octanol–water partition coefficient (Wildman–Crippen LogP) is 7.15. The monoisotopic (exact) mass is 447 g/mol. The second kappa shape index (κ2) is 8.90. The maximum Gasteiger partial charge on any atom is 0.302 e. The number of esters is 1. The Morgan fingerprint density at radius 3 is 2.50 bits per heavy atom. The molecular formula is C29H50O3. The van der Waals surface area contributed by atoms with E-state index in [1.54, 1.807) is 0 Å². The van der Waals surface area contributed by atoms with Crippen molar-refractivity contribution >= 4 is 5.97 Å². The van der Waals surface area contributed by atoms with Gasteiger partial charge in [-0.25, -0.2) is 0 Å². The molecule has 3 heteroatoms. The van der Waals surface area contributed by atoms with E-state index in [9.17, 15) is 9.90 Å². The zero-order chi connectivity index (χ0) is 24.2.